The van der Waals surface area contributed by atoms with E-state index in [1.165, 1.54) is 11.8 Å². The maximum Gasteiger partial charge on any atom is 0.250 e. The van der Waals surface area contributed by atoms with Gasteiger partial charge in [-0.25, -0.2) is 4.98 Å². The van der Waals surface area contributed by atoms with E-state index in [4.69, 9.17) is 9.72 Å². The Morgan fingerprint density at radius 2 is 1.94 bits per heavy atom. The average molecular weight is 491 g/mol. The van der Waals surface area contributed by atoms with Crippen molar-refractivity contribution in [1.29, 1.82) is 0 Å². The van der Waals surface area contributed by atoms with Crippen LogP contribution in [0.3, 0.4) is 0 Å². The molecule has 0 spiro atoms. The maximum atomic E-state index is 13.8. The van der Waals surface area contributed by atoms with Gasteiger partial charge in [-0.05, 0) is 51.3 Å². The molecule has 5 rings (SSSR count). The van der Waals surface area contributed by atoms with Crippen molar-refractivity contribution >= 4 is 35.0 Å². The number of carbonyl (C=O) groups is 2. The van der Waals surface area contributed by atoms with Crippen molar-refractivity contribution in [1.82, 2.24) is 9.55 Å². The quantitative estimate of drug-likeness (QED) is 0.494. The molecular formula is C27H30N4O3S. The summed E-state index contributed by atoms with van der Waals surface area (Å²) in [7, 11) is 0. The Balaban J connectivity index is 1.45. The summed E-state index contributed by atoms with van der Waals surface area (Å²) in [5.74, 6) is -0.330. The molecule has 1 saturated heterocycles. The van der Waals surface area contributed by atoms with Crippen LogP contribution in [0.15, 0.2) is 66.0 Å². The summed E-state index contributed by atoms with van der Waals surface area (Å²) in [5, 5.41) is 3.24. The molecule has 3 aromatic rings. The SMILES string of the molecule is CC(Sc1ncc(-c2ccccc2)n1CC1CCCO1)C(=O)N1c2ccccc2NC(=O)C1(C)C. The van der Waals surface area contributed by atoms with Crippen molar-refractivity contribution in [2.75, 3.05) is 16.8 Å². The van der Waals surface area contributed by atoms with Crippen LogP contribution in [0.5, 0.6) is 0 Å². The van der Waals surface area contributed by atoms with E-state index in [-0.39, 0.29) is 17.9 Å². The summed E-state index contributed by atoms with van der Waals surface area (Å²) in [4.78, 5) is 33.0. The van der Waals surface area contributed by atoms with Crippen molar-refractivity contribution in [3.63, 3.8) is 0 Å². The van der Waals surface area contributed by atoms with E-state index in [2.05, 4.69) is 22.0 Å². The number of nitrogens with one attached hydrogen (secondary N) is 1. The number of carbonyl (C=O) groups excluding carboxylic acids is 2. The zero-order chi connectivity index (χ0) is 24.6. The molecule has 2 atom stereocenters. The number of imidazole rings is 1. The molecule has 2 amide bonds. The first-order valence-corrected chi connectivity index (χ1v) is 12.9. The van der Waals surface area contributed by atoms with E-state index in [9.17, 15) is 9.59 Å². The number of anilines is 2. The van der Waals surface area contributed by atoms with Crippen LogP contribution in [0.2, 0.25) is 0 Å². The second-order valence-corrected chi connectivity index (χ2v) is 10.8. The van der Waals surface area contributed by atoms with Crippen LogP contribution in [0.4, 0.5) is 11.4 Å². The fourth-order valence-electron chi connectivity index (χ4n) is 4.70. The van der Waals surface area contributed by atoms with E-state index >= 15 is 0 Å². The molecule has 0 saturated carbocycles. The van der Waals surface area contributed by atoms with E-state index in [0.717, 1.165) is 35.9 Å². The Hall–Kier alpha value is -3.10. The van der Waals surface area contributed by atoms with Crippen LogP contribution in [0.1, 0.15) is 33.6 Å². The summed E-state index contributed by atoms with van der Waals surface area (Å²) < 4.78 is 8.09. The van der Waals surface area contributed by atoms with Gasteiger partial charge in [0.2, 0.25) is 11.8 Å². The Bertz CT molecular complexity index is 1230. The number of hydrogen-bond donors (Lipinski definition) is 1. The number of rotatable bonds is 6. The number of thioether (sulfide) groups is 1. The first kappa shape index (κ1) is 23.6. The fourth-order valence-corrected chi connectivity index (χ4v) is 5.63. The molecule has 3 heterocycles. The predicted octanol–water partition coefficient (Wildman–Crippen LogP) is 4.97. The van der Waals surface area contributed by atoms with Crippen LogP contribution < -0.4 is 10.2 Å². The molecule has 7 nitrogen and oxygen atoms in total. The number of hydrogen-bond acceptors (Lipinski definition) is 5. The van der Waals surface area contributed by atoms with Crippen LogP contribution in [-0.4, -0.2) is 44.9 Å². The van der Waals surface area contributed by atoms with Gasteiger partial charge < -0.3 is 14.6 Å². The molecule has 2 aromatic carbocycles. The second kappa shape index (κ2) is 9.51. The average Bonchev–Trinajstić information content (AvgIpc) is 3.51. The molecule has 2 unspecified atom stereocenters. The van der Waals surface area contributed by atoms with Crippen molar-refractivity contribution in [2.45, 2.75) is 62.2 Å². The first-order valence-electron chi connectivity index (χ1n) is 12.0. The third-order valence-corrected chi connectivity index (χ3v) is 7.75. The van der Waals surface area contributed by atoms with Crippen LogP contribution >= 0.6 is 11.8 Å². The van der Waals surface area contributed by atoms with Gasteiger partial charge in [0.15, 0.2) is 5.16 Å². The minimum atomic E-state index is -1.01. The third kappa shape index (κ3) is 4.48. The molecule has 1 N–H and O–H groups in total. The highest BCUT2D eigenvalue weighted by Gasteiger charge is 2.45. The molecular weight excluding hydrogens is 460 g/mol. The number of nitrogens with zero attached hydrogens (tertiary/aromatic N) is 3. The van der Waals surface area contributed by atoms with E-state index in [1.807, 2.05) is 55.6 Å². The Labute approximate surface area is 209 Å². The predicted molar refractivity (Wildman–Crippen MR) is 139 cm³/mol. The summed E-state index contributed by atoms with van der Waals surface area (Å²) in [6.45, 7) is 6.90. The molecule has 2 aliphatic heterocycles. The number of amides is 2. The van der Waals surface area contributed by atoms with Crippen LogP contribution in [0.25, 0.3) is 11.3 Å². The van der Waals surface area contributed by atoms with Gasteiger partial charge in [0, 0.05) is 6.61 Å². The summed E-state index contributed by atoms with van der Waals surface area (Å²) in [5.41, 5.74) is 2.43. The molecule has 2 aliphatic rings. The van der Waals surface area contributed by atoms with Gasteiger partial charge in [0.05, 0.1) is 41.2 Å². The summed E-state index contributed by atoms with van der Waals surface area (Å²) in [6.07, 6.45) is 4.08. The molecule has 0 bridgehead atoms. The minimum absolute atomic E-state index is 0.129. The smallest absolute Gasteiger partial charge is 0.250 e. The van der Waals surface area contributed by atoms with Crippen molar-refractivity contribution < 1.29 is 14.3 Å². The first-order chi connectivity index (χ1) is 16.9. The monoisotopic (exact) mass is 490 g/mol. The van der Waals surface area contributed by atoms with E-state index in [1.54, 1.807) is 18.7 Å². The minimum Gasteiger partial charge on any atom is -0.376 e. The molecule has 8 heteroatoms. The lowest BCUT2D eigenvalue weighted by Crippen LogP contribution is -2.60. The fraction of sp³-hybridized carbons (Fsp3) is 0.370. The number of para-hydroxylation sites is 2. The van der Waals surface area contributed by atoms with Gasteiger partial charge in [-0.2, -0.15) is 0 Å². The van der Waals surface area contributed by atoms with Crippen molar-refractivity contribution in [3.05, 3.63) is 60.8 Å². The number of fused-ring (bicyclic) bond motifs is 1. The number of benzene rings is 2. The van der Waals surface area contributed by atoms with Gasteiger partial charge in [0.25, 0.3) is 0 Å². The zero-order valence-corrected chi connectivity index (χ0v) is 21.0. The Morgan fingerprint density at radius 3 is 2.69 bits per heavy atom. The van der Waals surface area contributed by atoms with Crippen LogP contribution in [0, 0.1) is 0 Å². The summed E-state index contributed by atoms with van der Waals surface area (Å²) in [6, 6.07) is 17.6. The largest absolute Gasteiger partial charge is 0.376 e. The topological polar surface area (TPSA) is 76.5 Å². The van der Waals surface area contributed by atoms with E-state index in [0.29, 0.717) is 17.9 Å². The normalized spacial score (nSPS) is 19.8. The zero-order valence-electron chi connectivity index (χ0n) is 20.2. The Morgan fingerprint density at radius 1 is 1.20 bits per heavy atom. The number of aromatic nitrogens is 2. The van der Waals surface area contributed by atoms with Gasteiger partial charge in [-0.1, -0.05) is 54.2 Å². The molecule has 0 radical (unpaired) electrons. The van der Waals surface area contributed by atoms with Gasteiger partial charge in [-0.15, -0.1) is 0 Å². The van der Waals surface area contributed by atoms with Crippen molar-refractivity contribution in [3.8, 4) is 11.3 Å². The van der Waals surface area contributed by atoms with E-state index < -0.39 is 10.8 Å². The molecule has 35 heavy (non-hydrogen) atoms. The van der Waals surface area contributed by atoms with Gasteiger partial charge >= 0.3 is 0 Å². The molecule has 0 aliphatic carbocycles. The van der Waals surface area contributed by atoms with Gasteiger partial charge in [-0.3, -0.25) is 14.5 Å². The number of ether oxygens (including phenoxy) is 1. The lowest BCUT2D eigenvalue weighted by atomic mass is 9.96. The lowest BCUT2D eigenvalue weighted by molar-refractivity contribution is -0.126. The highest BCUT2D eigenvalue weighted by molar-refractivity contribution is 8.00. The van der Waals surface area contributed by atoms with Crippen molar-refractivity contribution in [2.24, 2.45) is 0 Å². The molecule has 1 aromatic heterocycles. The maximum absolute atomic E-state index is 13.8. The summed E-state index contributed by atoms with van der Waals surface area (Å²) >= 11 is 1.42. The Kier molecular flexibility index (Phi) is 6.42. The molecule has 182 valence electrons. The highest BCUT2D eigenvalue weighted by atomic mass is 32.2. The standard InChI is InChI=1S/C27H30N4O3S/c1-18(24(32)31-22-14-8-7-13-21(22)29-25(33)27(31,2)3)35-26-28-16-23(19-10-5-4-6-11-19)30(26)17-20-12-9-15-34-20/h4-8,10-11,13-14,16,18,20H,9,12,15,17H2,1-3H3,(H,29,33). The lowest BCUT2D eigenvalue weighted by Gasteiger charge is -2.43. The third-order valence-electron chi connectivity index (χ3n) is 6.66. The highest BCUT2D eigenvalue weighted by Crippen LogP contribution is 2.39. The molecule has 1 fully saturated rings. The van der Waals surface area contributed by atoms with Crippen LogP contribution in [-0.2, 0) is 20.9 Å². The second-order valence-electron chi connectivity index (χ2n) is 9.50. The van der Waals surface area contributed by atoms with Gasteiger partial charge in [0.1, 0.15) is 5.54 Å².